The number of halogens is 3. The van der Waals surface area contributed by atoms with Crippen LogP contribution in [0.2, 0.25) is 0 Å². The molecular weight excluding hydrogens is 455 g/mol. The van der Waals surface area contributed by atoms with Gasteiger partial charge in [-0.05, 0) is 54.3 Å². The third-order valence-electron chi connectivity index (χ3n) is 6.29. The Labute approximate surface area is 202 Å². The smallest absolute Gasteiger partial charge is 0.419 e. The van der Waals surface area contributed by atoms with Gasteiger partial charge in [-0.15, -0.1) is 0 Å². The number of hydrogen-bond donors (Lipinski definition) is 1. The summed E-state index contributed by atoms with van der Waals surface area (Å²) < 4.78 is 46.4. The summed E-state index contributed by atoms with van der Waals surface area (Å²) in [4.78, 5) is 7.96. The maximum atomic E-state index is 13.7. The summed E-state index contributed by atoms with van der Waals surface area (Å²) in [6.07, 6.45) is -5.76. The van der Waals surface area contributed by atoms with E-state index in [9.17, 15) is 13.2 Å². The highest BCUT2D eigenvalue weighted by Gasteiger charge is 2.36. The first-order valence-corrected chi connectivity index (χ1v) is 11.8. The molecule has 1 saturated heterocycles. The van der Waals surface area contributed by atoms with E-state index < -0.39 is 18.0 Å². The minimum atomic E-state index is -4.55. The van der Waals surface area contributed by atoms with Crippen LogP contribution in [-0.2, 0) is 17.6 Å². The molecule has 0 aliphatic carbocycles. The molecule has 0 saturated carbocycles. The average Bonchev–Trinajstić information content (AvgIpc) is 3.27. The first kappa shape index (κ1) is 23.5. The van der Waals surface area contributed by atoms with Crippen molar-refractivity contribution >= 4 is 16.6 Å². The first-order valence-electron chi connectivity index (χ1n) is 11.8. The molecule has 1 unspecified atom stereocenters. The quantitative estimate of drug-likeness (QED) is 0.462. The predicted octanol–water partition coefficient (Wildman–Crippen LogP) is 6.08. The second-order valence-corrected chi connectivity index (χ2v) is 9.61. The van der Waals surface area contributed by atoms with Crippen molar-refractivity contribution in [2.24, 2.45) is 11.1 Å². The Hall–Kier alpha value is -3.26. The molecule has 5 nitrogen and oxygen atoms in total. The Kier molecular flexibility index (Phi) is 6.09. The maximum Gasteiger partial charge on any atom is 0.419 e. The van der Waals surface area contributed by atoms with Crippen molar-refractivity contribution in [3.63, 3.8) is 0 Å². The molecular formula is C27H28F3N3O2. The largest absolute Gasteiger partial charge is 0.490 e. The lowest BCUT2D eigenvalue weighted by Crippen LogP contribution is -2.44. The maximum absolute atomic E-state index is 13.7. The van der Waals surface area contributed by atoms with Crippen LogP contribution in [-0.4, -0.2) is 29.9 Å². The average molecular weight is 484 g/mol. The van der Waals surface area contributed by atoms with Gasteiger partial charge in [-0.3, -0.25) is 4.90 Å². The number of amidine groups is 1. The van der Waals surface area contributed by atoms with Crippen LogP contribution in [0.25, 0.3) is 10.8 Å². The van der Waals surface area contributed by atoms with Gasteiger partial charge in [0.25, 0.3) is 0 Å². The molecule has 184 valence electrons. The molecule has 0 spiro atoms. The molecule has 35 heavy (non-hydrogen) atoms. The summed E-state index contributed by atoms with van der Waals surface area (Å²) in [7, 11) is 0. The summed E-state index contributed by atoms with van der Waals surface area (Å²) >= 11 is 0. The highest BCUT2D eigenvalue weighted by Crippen LogP contribution is 2.39. The number of likely N-dealkylation sites (tertiary alicyclic amines) is 1. The SMILES string of the molecule is CC1CN(Cc2ccc(C3=NOC(c4ccc(OC(C)C)c(C(F)(F)F)c4)N3)c3ccccc23)C1. The van der Waals surface area contributed by atoms with Gasteiger partial charge in [0, 0.05) is 30.8 Å². The number of nitrogens with zero attached hydrogens (tertiary/aromatic N) is 2. The molecule has 1 N–H and O–H groups in total. The second-order valence-electron chi connectivity index (χ2n) is 9.61. The summed E-state index contributed by atoms with van der Waals surface area (Å²) in [5.41, 5.74) is 1.57. The number of oxime groups is 1. The molecule has 0 radical (unpaired) electrons. The topological polar surface area (TPSA) is 46.1 Å². The third-order valence-corrected chi connectivity index (χ3v) is 6.29. The van der Waals surface area contributed by atoms with E-state index >= 15 is 0 Å². The van der Waals surface area contributed by atoms with Crippen LogP contribution in [0.4, 0.5) is 13.2 Å². The number of fused-ring (bicyclic) bond motifs is 1. The van der Waals surface area contributed by atoms with Crippen LogP contribution in [0.15, 0.2) is 59.8 Å². The molecule has 0 amide bonds. The fraction of sp³-hybridized carbons (Fsp3) is 0.370. The predicted molar refractivity (Wildman–Crippen MR) is 129 cm³/mol. The fourth-order valence-electron chi connectivity index (χ4n) is 4.75. The summed E-state index contributed by atoms with van der Waals surface area (Å²) in [5, 5.41) is 9.49. The van der Waals surface area contributed by atoms with Crippen LogP contribution in [0.1, 0.15) is 49.3 Å². The number of rotatable bonds is 6. The summed E-state index contributed by atoms with van der Waals surface area (Å²) in [6, 6.07) is 16.2. The lowest BCUT2D eigenvalue weighted by Gasteiger charge is -2.37. The molecule has 0 aromatic heterocycles. The Bertz CT molecular complexity index is 1270. The van der Waals surface area contributed by atoms with E-state index in [1.807, 2.05) is 24.3 Å². The normalized spacial score (nSPS) is 18.8. The van der Waals surface area contributed by atoms with Crippen molar-refractivity contribution in [2.75, 3.05) is 13.1 Å². The van der Waals surface area contributed by atoms with Crippen molar-refractivity contribution in [3.05, 3.63) is 76.9 Å². The molecule has 8 heteroatoms. The zero-order valence-electron chi connectivity index (χ0n) is 19.9. The van der Waals surface area contributed by atoms with Gasteiger partial charge in [-0.25, -0.2) is 0 Å². The van der Waals surface area contributed by atoms with E-state index in [2.05, 4.69) is 34.4 Å². The molecule has 1 atom stereocenters. The van der Waals surface area contributed by atoms with Gasteiger partial charge in [-0.1, -0.05) is 48.5 Å². The lowest BCUT2D eigenvalue weighted by atomic mass is 9.96. The van der Waals surface area contributed by atoms with Crippen LogP contribution in [0.5, 0.6) is 5.75 Å². The Balaban J connectivity index is 1.40. The van der Waals surface area contributed by atoms with Gasteiger partial charge in [0.1, 0.15) is 5.75 Å². The van der Waals surface area contributed by atoms with Crippen molar-refractivity contribution in [2.45, 2.75) is 45.8 Å². The van der Waals surface area contributed by atoms with Gasteiger partial charge in [0.2, 0.25) is 6.23 Å². The lowest BCUT2D eigenvalue weighted by molar-refractivity contribution is -0.139. The molecule has 3 aromatic carbocycles. The van der Waals surface area contributed by atoms with E-state index in [0.29, 0.717) is 11.4 Å². The van der Waals surface area contributed by atoms with E-state index in [4.69, 9.17) is 9.57 Å². The summed E-state index contributed by atoms with van der Waals surface area (Å²) in [5.74, 6) is 1.02. The van der Waals surface area contributed by atoms with Crippen LogP contribution in [0.3, 0.4) is 0 Å². The van der Waals surface area contributed by atoms with Gasteiger partial charge in [-0.2, -0.15) is 13.2 Å². The monoisotopic (exact) mass is 483 g/mol. The number of hydrogen-bond acceptors (Lipinski definition) is 5. The number of alkyl halides is 3. The Morgan fingerprint density at radius 2 is 1.83 bits per heavy atom. The minimum Gasteiger partial charge on any atom is -0.490 e. The number of nitrogens with one attached hydrogen (secondary N) is 1. The highest BCUT2D eigenvalue weighted by molar-refractivity contribution is 6.10. The third kappa shape index (κ3) is 4.80. The number of benzene rings is 3. The van der Waals surface area contributed by atoms with Crippen molar-refractivity contribution in [3.8, 4) is 5.75 Å². The molecule has 3 aromatic rings. The van der Waals surface area contributed by atoms with E-state index in [1.54, 1.807) is 19.9 Å². The summed E-state index contributed by atoms with van der Waals surface area (Å²) in [6.45, 7) is 8.71. The van der Waals surface area contributed by atoms with Crippen LogP contribution >= 0.6 is 0 Å². The minimum absolute atomic E-state index is 0.200. The van der Waals surface area contributed by atoms with Gasteiger partial charge < -0.3 is 14.9 Å². The fourth-order valence-corrected chi connectivity index (χ4v) is 4.75. The number of ether oxygens (including phenoxy) is 1. The molecule has 1 fully saturated rings. The highest BCUT2D eigenvalue weighted by atomic mass is 19.4. The molecule has 0 bridgehead atoms. The van der Waals surface area contributed by atoms with E-state index in [0.717, 1.165) is 48.0 Å². The molecule has 5 rings (SSSR count). The Morgan fingerprint density at radius 3 is 2.51 bits per heavy atom. The Morgan fingerprint density at radius 1 is 1.09 bits per heavy atom. The van der Waals surface area contributed by atoms with E-state index in [1.165, 1.54) is 11.6 Å². The van der Waals surface area contributed by atoms with Crippen molar-refractivity contribution in [1.82, 2.24) is 10.2 Å². The molecule has 2 aliphatic rings. The van der Waals surface area contributed by atoms with Crippen LogP contribution in [0, 0.1) is 5.92 Å². The van der Waals surface area contributed by atoms with Crippen molar-refractivity contribution in [1.29, 1.82) is 0 Å². The standard InChI is InChI=1S/C27H28F3N3O2/c1-16(2)34-24-11-9-18(12-23(24)27(28,29)30)26-31-25(32-35-26)22-10-8-19(15-33-13-17(3)14-33)20-6-4-5-7-21(20)22/h4-12,16-17,26H,13-15H2,1-3H3,(H,31,32). The first-order chi connectivity index (χ1) is 16.7. The molecule has 2 aliphatic heterocycles. The van der Waals surface area contributed by atoms with Gasteiger partial charge in [0.05, 0.1) is 11.7 Å². The zero-order valence-corrected chi connectivity index (χ0v) is 19.9. The van der Waals surface area contributed by atoms with E-state index in [-0.39, 0.29) is 11.9 Å². The van der Waals surface area contributed by atoms with Crippen molar-refractivity contribution < 1.29 is 22.7 Å². The van der Waals surface area contributed by atoms with Gasteiger partial charge >= 0.3 is 6.18 Å². The second kappa shape index (κ2) is 9.07. The zero-order chi connectivity index (χ0) is 24.7. The molecule has 2 heterocycles. The van der Waals surface area contributed by atoms with Crippen LogP contribution < -0.4 is 10.1 Å². The van der Waals surface area contributed by atoms with Gasteiger partial charge in [0.15, 0.2) is 5.84 Å².